The number of carboxylic acid groups (broad SMARTS) is 1. The summed E-state index contributed by atoms with van der Waals surface area (Å²) in [5, 5.41) is 20.4. The van der Waals surface area contributed by atoms with E-state index in [1.54, 1.807) is 0 Å². The normalized spacial score (nSPS) is 14.2. The quantitative estimate of drug-likeness (QED) is 0.498. The highest BCUT2D eigenvalue weighted by molar-refractivity contribution is 6.04. The van der Waals surface area contributed by atoms with Crippen molar-refractivity contribution < 1.29 is 24.3 Å². The molecule has 0 aromatic carbocycles. The van der Waals surface area contributed by atoms with Gasteiger partial charge in [0.2, 0.25) is 5.91 Å². The highest BCUT2D eigenvalue weighted by atomic mass is 16.4. The lowest BCUT2D eigenvalue weighted by molar-refractivity contribution is -0.130. The van der Waals surface area contributed by atoms with Crippen LogP contribution in [-0.2, 0) is 16.1 Å². The number of rotatable bonds is 6. The molecule has 0 bridgehead atoms. The number of hydrogen-bond acceptors (Lipinski definition) is 6. The first-order valence-corrected chi connectivity index (χ1v) is 5.95. The maximum Gasteiger partial charge on any atom is 0.358 e. The summed E-state index contributed by atoms with van der Waals surface area (Å²) in [6, 6.07) is -0.600. The van der Waals surface area contributed by atoms with Crippen LogP contribution in [0.5, 0.6) is 0 Å². The van der Waals surface area contributed by atoms with E-state index in [0.717, 1.165) is 4.90 Å². The zero-order valence-electron chi connectivity index (χ0n) is 10.8. The number of carbonyl (C=O) groups excluding carboxylic acids is 3. The molecule has 0 aliphatic carbocycles. The topological polar surface area (TPSA) is 147 Å². The van der Waals surface area contributed by atoms with Crippen molar-refractivity contribution in [2.24, 2.45) is 0 Å². The molecular weight excluding hydrogens is 284 g/mol. The monoisotopic (exact) mass is 296 g/mol. The molecule has 1 aliphatic rings. The molecule has 11 nitrogen and oxygen atoms in total. The third-order valence-electron chi connectivity index (χ3n) is 2.66. The summed E-state index contributed by atoms with van der Waals surface area (Å²) in [6.45, 7) is -0.0947. The van der Waals surface area contributed by atoms with E-state index >= 15 is 0 Å². The van der Waals surface area contributed by atoms with E-state index in [9.17, 15) is 19.2 Å². The van der Waals surface area contributed by atoms with E-state index in [-0.39, 0.29) is 31.9 Å². The van der Waals surface area contributed by atoms with Gasteiger partial charge in [0.15, 0.2) is 5.69 Å². The minimum Gasteiger partial charge on any atom is -0.476 e. The van der Waals surface area contributed by atoms with Crippen LogP contribution in [0.1, 0.15) is 10.5 Å². The number of hydrogen-bond donors (Lipinski definition) is 3. The summed E-state index contributed by atoms with van der Waals surface area (Å²) in [6.07, 6.45) is 1.23. The molecule has 21 heavy (non-hydrogen) atoms. The fourth-order valence-electron chi connectivity index (χ4n) is 1.63. The maximum absolute atomic E-state index is 11.6. The Morgan fingerprint density at radius 3 is 2.76 bits per heavy atom. The Bertz CT molecular complexity index is 581. The number of imide groups is 1. The van der Waals surface area contributed by atoms with Gasteiger partial charge in [0.25, 0.3) is 5.91 Å². The molecule has 0 spiro atoms. The van der Waals surface area contributed by atoms with Crippen LogP contribution in [0.15, 0.2) is 6.20 Å². The van der Waals surface area contributed by atoms with E-state index in [1.165, 1.54) is 10.9 Å². The molecule has 1 aromatic rings. The van der Waals surface area contributed by atoms with Crippen molar-refractivity contribution in [3.63, 3.8) is 0 Å². The van der Waals surface area contributed by atoms with Gasteiger partial charge in [-0.15, -0.1) is 5.10 Å². The molecule has 0 radical (unpaired) electrons. The highest BCUT2D eigenvalue weighted by Gasteiger charge is 2.29. The van der Waals surface area contributed by atoms with Crippen molar-refractivity contribution in [2.45, 2.75) is 6.54 Å². The Balaban J connectivity index is 1.75. The van der Waals surface area contributed by atoms with Crippen molar-refractivity contribution in [3.8, 4) is 0 Å². The highest BCUT2D eigenvalue weighted by Crippen LogP contribution is 1.97. The largest absolute Gasteiger partial charge is 0.476 e. The van der Waals surface area contributed by atoms with Gasteiger partial charge in [0.1, 0.15) is 6.54 Å². The summed E-state index contributed by atoms with van der Waals surface area (Å²) in [4.78, 5) is 45.5. The summed E-state index contributed by atoms with van der Waals surface area (Å²) < 4.78 is 1.26. The van der Waals surface area contributed by atoms with E-state index < -0.39 is 23.8 Å². The van der Waals surface area contributed by atoms with Gasteiger partial charge >= 0.3 is 12.0 Å². The van der Waals surface area contributed by atoms with E-state index in [4.69, 9.17) is 5.11 Å². The standard InChI is InChI=1S/C10H12N6O5/c17-7(5-16-8(18)3-12-10(16)21)11-1-2-15-4-6(9(19)20)13-14-15/h4H,1-3,5H2,(H,11,17)(H,12,21)(H,19,20). The minimum absolute atomic E-state index is 0.108. The van der Waals surface area contributed by atoms with Gasteiger partial charge in [-0.3, -0.25) is 14.5 Å². The Labute approximate surface area is 117 Å². The molecule has 1 aliphatic heterocycles. The Morgan fingerprint density at radius 2 is 2.19 bits per heavy atom. The van der Waals surface area contributed by atoms with Crippen LogP contribution >= 0.6 is 0 Å². The molecule has 0 atom stereocenters. The van der Waals surface area contributed by atoms with Gasteiger partial charge in [-0.25, -0.2) is 14.3 Å². The van der Waals surface area contributed by atoms with Crippen molar-refractivity contribution in [1.82, 2.24) is 30.5 Å². The molecule has 1 saturated heterocycles. The fourth-order valence-corrected chi connectivity index (χ4v) is 1.63. The fraction of sp³-hybridized carbons (Fsp3) is 0.400. The second kappa shape index (κ2) is 5.98. The number of nitrogens with zero attached hydrogens (tertiary/aromatic N) is 4. The van der Waals surface area contributed by atoms with Crippen molar-refractivity contribution >= 4 is 23.8 Å². The van der Waals surface area contributed by atoms with Crippen molar-refractivity contribution in [1.29, 1.82) is 0 Å². The molecule has 1 fully saturated rings. The first-order chi connectivity index (χ1) is 9.97. The van der Waals surface area contributed by atoms with Gasteiger partial charge in [0, 0.05) is 6.54 Å². The molecule has 1 aromatic heterocycles. The Hall–Kier alpha value is -2.98. The molecule has 0 saturated carbocycles. The molecule has 2 heterocycles. The smallest absolute Gasteiger partial charge is 0.358 e. The first kappa shape index (κ1) is 14.4. The third-order valence-corrected chi connectivity index (χ3v) is 2.66. The zero-order chi connectivity index (χ0) is 15.4. The predicted octanol–water partition coefficient (Wildman–Crippen LogP) is -2.36. The van der Waals surface area contributed by atoms with Gasteiger partial charge in [-0.2, -0.15) is 0 Å². The van der Waals surface area contributed by atoms with Crippen molar-refractivity contribution in [3.05, 3.63) is 11.9 Å². The van der Waals surface area contributed by atoms with Crippen LogP contribution in [-0.4, -0.2) is 68.4 Å². The summed E-state index contributed by atoms with van der Waals surface area (Å²) in [5.74, 6) is -2.15. The van der Waals surface area contributed by atoms with Crippen LogP contribution in [0.2, 0.25) is 0 Å². The minimum atomic E-state index is -1.19. The number of carboxylic acids is 1. The zero-order valence-corrected chi connectivity index (χ0v) is 10.8. The van der Waals surface area contributed by atoms with E-state index in [0.29, 0.717) is 0 Å². The average molecular weight is 296 g/mol. The first-order valence-electron chi connectivity index (χ1n) is 5.95. The SMILES string of the molecule is O=C(CN1C(=O)CNC1=O)NCCn1cc(C(=O)O)nn1. The lowest BCUT2D eigenvalue weighted by Gasteiger charge is -2.11. The second-order valence-electron chi connectivity index (χ2n) is 4.16. The second-order valence-corrected chi connectivity index (χ2v) is 4.16. The van der Waals surface area contributed by atoms with Crippen LogP contribution in [0.25, 0.3) is 0 Å². The molecule has 0 unspecified atom stereocenters. The number of nitrogens with one attached hydrogen (secondary N) is 2. The number of aromatic carboxylic acids is 1. The molecule has 11 heteroatoms. The van der Waals surface area contributed by atoms with E-state index in [1.807, 2.05) is 0 Å². The van der Waals surface area contributed by atoms with Crippen LogP contribution in [0.3, 0.4) is 0 Å². The third kappa shape index (κ3) is 3.52. The number of amides is 4. The average Bonchev–Trinajstić information content (AvgIpc) is 3.01. The molecular formula is C10H12N6O5. The lowest BCUT2D eigenvalue weighted by atomic mass is 10.4. The molecule has 2 rings (SSSR count). The Kier molecular flexibility index (Phi) is 4.11. The molecule has 3 N–H and O–H groups in total. The van der Waals surface area contributed by atoms with Gasteiger partial charge in [-0.05, 0) is 0 Å². The van der Waals surface area contributed by atoms with Gasteiger partial charge in [-0.1, -0.05) is 5.21 Å². The lowest BCUT2D eigenvalue weighted by Crippen LogP contribution is -2.41. The van der Waals surface area contributed by atoms with Crippen LogP contribution in [0.4, 0.5) is 4.79 Å². The molecule has 112 valence electrons. The van der Waals surface area contributed by atoms with Gasteiger partial charge in [0.05, 0.1) is 19.3 Å². The van der Waals surface area contributed by atoms with Gasteiger partial charge < -0.3 is 15.7 Å². The van der Waals surface area contributed by atoms with Crippen LogP contribution < -0.4 is 10.6 Å². The number of carbonyl (C=O) groups is 4. The van der Waals surface area contributed by atoms with Crippen LogP contribution in [0, 0.1) is 0 Å². The number of urea groups is 1. The van der Waals surface area contributed by atoms with Crippen molar-refractivity contribution in [2.75, 3.05) is 19.6 Å². The predicted molar refractivity (Wildman–Crippen MR) is 65.1 cm³/mol. The summed E-state index contributed by atoms with van der Waals surface area (Å²) >= 11 is 0. The maximum atomic E-state index is 11.6. The van der Waals surface area contributed by atoms with E-state index in [2.05, 4.69) is 20.9 Å². The number of aromatic nitrogens is 3. The Morgan fingerprint density at radius 1 is 1.43 bits per heavy atom. The summed E-state index contributed by atoms with van der Waals surface area (Å²) in [7, 11) is 0. The molecule has 4 amide bonds. The summed E-state index contributed by atoms with van der Waals surface area (Å²) in [5.41, 5.74) is -0.194.